The highest BCUT2D eigenvalue weighted by Gasteiger charge is 2.11. The Labute approximate surface area is 205 Å². The number of nitrogens with one attached hydrogen (secondary N) is 1. The second-order valence-electron chi connectivity index (χ2n) is 7.75. The summed E-state index contributed by atoms with van der Waals surface area (Å²) in [6.07, 6.45) is 0. The van der Waals surface area contributed by atoms with Crippen LogP contribution in [-0.4, -0.2) is 32.9 Å². The Bertz CT molecular complexity index is 1050. The second-order valence-corrected chi connectivity index (χ2v) is 8.57. The van der Waals surface area contributed by atoms with E-state index in [2.05, 4.69) is 34.5 Å². The molecule has 0 atom stereocenters. The van der Waals surface area contributed by atoms with Crippen LogP contribution in [-0.2, 0) is 17.9 Å². The van der Waals surface area contributed by atoms with Crippen LogP contribution in [0.2, 0.25) is 10.0 Å². The first-order valence-corrected chi connectivity index (χ1v) is 11.9. The molecule has 3 aromatic rings. The van der Waals surface area contributed by atoms with Crippen molar-refractivity contribution in [1.29, 1.82) is 0 Å². The lowest BCUT2D eigenvalue weighted by atomic mass is 10.2. The van der Waals surface area contributed by atoms with E-state index in [0.29, 0.717) is 35.6 Å². The zero-order valence-corrected chi connectivity index (χ0v) is 20.2. The molecule has 1 aliphatic rings. The van der Waals surface area contributed by atoms with Crippen molar-refractivity contribution in [3.8, 4) is 11.5 Å². The highest BCUT2D eigenvalue weighted by molar-refractivity contribution is 6.42. The maximum Gasteiger partial charge on any atom is 0.161 e. The van der Waals surface area contributed by atoms with Gasteiger partial charge in [-0.15, -0.1) is 0 Å². The molecule has 0 aromatic heterocycles. The van der Waals surface area contributed by atoms with E-state index < -0.39 is 0 Å². The van der Waals surface area contributed by atoms with Crippen LogP contribution in [0, 0.1) is 0 Å². The van der Waals surface area contributed by atoms with Crippen molar-refractivity contribution < 1.29 is 14.2 Å². The molecular formula is C26H28Cl2N2O3. The highest BCUT2D eigenvalue weighted by atomic mass is 35.5. The number of ether oxygens (including phenoxy) is 3. The number of anilines is 2. The lowest BCUT2D eigenvalue weighted by molar-refractivity contribution is 0.122. The summed E-state index contributed by atoms with van der Waals surface area (Å²) in [5.74, 6) is 1.42. The van der Waals surface area contributed by atoms with Gasteiger partial charge < -0.3 is 24.4 Å². The molecule has 0 unspecified atom stereocenters. The minimum atomic E-state index is 0.379. The van der Waals surface area contributed by atoms with Crippen LogP contribution < -0.4 is 19.7 Å². The molecule has 0 saturated carbocycles. The van der Waals surface area contributed by atoms with E-state index >= 15 is 0 Å². The zero-order chi connectivity index (χ0) is 23.0. The van der Waals surface area contributed by atoms with Crippen LogP contribution in [0.3, 0.4) is 0 Å². The Morgan fingerprint density at radius 3 is 2.33 bits per heavy atom. The van der Waals surface area contributed by atoms with E-state index in [0.717, 1.165) is 48.9 Å². The van der Waals surface area contributed by atoms with Gasteiger partial charge in [0.25, 0.3) is 0 Å². The summed E-state index contributed by atoms with van der Waals surface area (Å²) < 4.78 is 17.3. The van der Waals surface area contributed by atoms with Crippen molar-refractivity contribution in [2.75, 3.05) is 43.1 Å². The first-order chi connectivity index (χ1) is 16.1. The third-order valence-electron chi connectivity index (χ3n) is 5.43. The molecule has 174 valence electrons. The van der Waals surface area contributed by atoms with Crippen LogP contribution in [0.15, 0.2) is 60.7 Å². The standard InChI is InChI=1S/C26H28Cl2N2O3/c1-2-32-26-16-19(4-10-25(26)33-18-20-3-9-23(27)24(28)15-20)17-29-21-5-7-22(8-6-21)30-11-13-31-14-12-30/h3-10,15-16,29H,2,11-14,17-18H2,1H3. The largest absolute Gasteiger partial charge is 0.490 e. The van der Waals surface area contributed by atoms with E-state index in [-0.39, 0.29) is 0 Å². The summed E-state index contributed by atoms with van der Waals surface area (Å²) in [4.78, 5) is 2.35. The van der Waals surface area contributed by atoms with Gasteiger partial charge in [-0.25, -0.2) is 0 Å². The molecule has 1 aliphatic heterocycles. The van der Waals surface area contributed by atoms with Gasteiger partial charge >= 0.3 is 0 Å². The van der Waals surface area contributed by atoms with Crippen molar-refractivity contribution in [3.05, 3.63) is 81.8 Å². The van der Waals surface area contributed by atoms with Crippen LogP contribution in [0.4, 0.5) is 11.4 Å². The summed E-state index contributed by atoms with van der Waals surface area (Å²) in [6.45, 7) is 7.03. The predicted molar refractivity (Wildman–Crippen MR) is 135 cm³/mol. The van der Waals surface area contributed by atoms with E-state index in [1.807, 2.05) is 37.3 Å². The molecule has 0 aliphatic carbocycles. The number of rotatable bonds is 9. The predicted octanol–water partition coefficient (Wildman–Crippen LogP) is 6.42. The normalized spacial score (nSPS) is 13.6. The molecule has 1 saturated heterocycles. The van der Waals surface area contributed by atoms with Gasteiger partial charge in [0.1, 0.15) is 6.61 Å². The number of hydrogen-bond donors (Lipinski definition) is 1. The molecule has 33 heavy (non-hydrogen) atoms. The molecule has 3 aromatic carbocycles. The van der Waals surface area contributed by atoms with Crippen LogP contribution in [0.25, 0.3) is 0 Å². The fourth-order valence-electron chi connectivity index (χ4n) is 3.66. The number of morpholine rings is 1. The Hall–Kier alpha value is -2.60. The van der Waals surface area contributed by atoms with Crippen molar-refractivity contribution in [2.24, 2.45) is 0 Å². The fraction of sp³-hybridized carbons (Fsp3) is 0.308. The Balaban J connectivity index is 1.36. The zero-order valence-electron chi connectivity index (χ0n) is 18.7. The minimum absolute atomic E-state index is 0.379. The van der Waals surface area contributed by atoms with Gasteiger partial charge in [-0.2, -0.15) is 0 Å². The second kappa shape index (κ2) is 11.5. The Morgan fingerprint density at radius 1 is 0.848 bits per heavy atom. The number of hydrogen-bond acceptors (Lipinski definition) is 5. The quantitative estimate of drug-likeness (QED) is 0.377. The molecule has 1 N–H and O–H groups in total. The minimum Gasteiger partial charge on any atom is -0.490 e. The van der Waals surface area contributed by atoms with E-state index in [1.54, 1.807) is 6.07 Å². The van der Waals surface area contributed by atoms with E-state index in [9.17, 15) is 0 Å². The summed E-state index contributed by atoms with van der Waals surface area (Å²) in [5.41, 5.74) is 4.35. The van der Waals surface area contributed by atoms with Gasteiger partial charge in [0.15, 0.2) is 11.5 Å². The lowest BCUT2D eigenvalue weighted by Crippen LogP contribution is -2.36. The average Bonchev–Trinajstić information content (AvgIpc) is 2.85. The molecule has 1 fully saturated rings. The van der Waals surface area contributed by atoms with Gasteiger partial charge in [-0.1, -0.05) is 35.3 Å². The lowest BCUT2D eigenvalue weighted by Gasteiger charge is -2.29. The molecule has 0 amide bonds. The third kappa shape index (κ3) is 6.47. The van der Waals surface area contributed by atoms with Crippen LogP contribution in [0.5, 0.6) is 11.5 Å². The Kier molecular flexibility index (Phi) is 8.21. The number of benzene rings is 3. The van der Waals surface area contributed by atoms with Crippen LogP contribution >= 0.6 is 23.2 Å². The number of halogens is 2. The van der Waals surface area contributed by atoms with Crippen molar-refractivity contribution in [1.82, 2.24) is 0 Å². The highest BCUT2D eigenvalue weighted by Crippen LogP contribution is 2.31. The average molecular weight is 487 g/mol. The fourth-order valence-corrected chi connectivity index (χ4v) is 3.98. The van der Waals surface area contributed by atoms with Gasteiger partial charge in [-0.05, 0) is 66.6 Å². The molecule has 0 spiro atoms. The van der Waals surface area contributed by atoms with Gasteiger partial charge in [0.2, 0.25) is 0 Å². The molecule has 5 nitrogen and oxygen atoms in total. The van der Waals surface area contributed by atoms with Crippen molar-refractivity contribution in [3.63, 3.8) is 0 Å². The maximum absolute atomic E-state index is 6.10. The topological polar surface area (TPSA) is 43.0 Å². The van der Waals surface area contributed by atoms with Gasteiger partial charge in [-0.3, -0.25) is 0 Å². The molecule has 7 heteroatoms. The maximum atomic E-state index is 6.10. The smallest absolute Gasteiger partial charge is 0.161 e. The monoisotopic (exact) mass is 486 g/mol. The molecule has 4 rings (SSSR count). The van der Waals surface area contributed by atoms with Crippen LogP contribution in [0.1, 0.15) is 18.1 Å². The van der Waals surface area contributed by atoms with Crippen molar-refractivity contribution >= 4 is 34.6 Å². The first kappa shape index (κ1) is 23.6. The molecular weight excluding hydrogens is 459 g/mol. The summed E-state index contributed by atoms with van der Waals surface area (Å²) in [6, 6.07) is 20.0. The summed E-state index contributed by atoms with van der Waals surface area (Å²) in [7, 11) is 0. The summed E-state index contributed by atoms with van der Waals surface area (Å²) in [5, 5.41) is 4.53. The molecule has 0 radical (unpaired) electrons. The van der Waals surface area contributed by atoms with E-state index in [1.165, 1.54) is 5.69 Å². The van der Waals surface area contributed by atoms with Gasteiger partial charge in [0, 0.05) is 31.0 Å². The number of nitrogens with zero attached hydrogens (tertiary/aromatic N) is 1. The van der Waals surface area contributed by atoms with Crippen molar-refractivity contribution in [2.45, 2.75) is 20.1 Å². The third-order valence-corrected chi connectivity index (χ3v) is 6.17. The SMILES string of the molecule is CCOc1cc(CNc2ccc(N3CCOCC3)cc2)ccc1OCc1ccc(Cl)c(Cl)c1. The molecule has 1 heterocycles. The molecule has 0 bridgehead atoms. The summed E-state index contributed by atoms with van der Waals surface area (Å²) >= 11 is 12.1. The Morgan fingerprint density at radius 2 is 1.61 bits per heavy atom. The van der Waals surface area contributed by atoms with Gasteiger partial charge in [0.05, 0.1) is 29.9 Å². The first-order valence-electron chi connectivity index (χ1n) is 11.1. The van der Waals surface area contributed by atoms with E-state index in [4.69, 9.17) is 37.4 Å².